The molecule has 0 atom stereocenters. The molecule has 4 rings (SSSR count). The second kappa shape index (κ2) is 9.27. The van der Waals surface area contributed by atoms with Gasteiger partial charge in [0.1, 0.15) is 11.5 Å². The van der Waals surface area contributed by atoms with Gasteiger partial charge in [-0.3, -0.25) is 4.79 Å². The molecule has 3 aromatic carbocycles. The lowest BCUT2D eigenvalue weighted by Crippen LogP contribution is -2.34. The van der Waals surface area contributed by atoms with E-state index < -0.39 is 0 Å². The van der Waals surface area contributed by atoms with Crippen LogP contribution in [0.5, 0.6) is 0 Å². The van der Waals surface area contributed by atoms with E-state index in [1.165, 1.54) is 0 Å². The van der Waals surface area contributed by atoms with E-state index in [1.54, 1.807) is 0 Å². The molecule has 0 aliphatic rings. The summed E-state index contributed by atoms with van der Waals surface area (Å²) in [6, 6.07) is 33.9. The quantitative estimate of drug-likeness (QED) is 0.387. The Kier molecular flexibility index (Phi) is 6.09. The maximum atomic E-state index is 13.9. The summed E-state index contributed by atoms with van der Waals surface area (Å²) >= 11 is 0. The van der Waals surface area contributed by atoms with Gasteiger partial charge in [0.25, 0.3) is 0 Å². The van der Waals surface area contributed by atoms with Gasteiger partial charge in [0.2, 0.25) is 5.91 Å². The molecule has 0 radical (unpaired) electrons. The molecular weight excluding hydrogens is 370 g/mol. The average Bonchev–Trinajstić information content (AvgIpc) is 3.20. The highest BCUT2D eigenvalue weighted by atomic mass is 16.3. The second-order valence-corrected chi connectivity index (χ2v) is 7.45. The zero-order valence-electron chi connectivity index (χ0n) is 17.1. The summed E-state index contributed by atoms with van der Waals surface area (Å²) < 4.78 is 5.80. The molecule has 0 fully saturated rings. The molecule has 1 heterocycles. The van der Waals surface area contributed by atoms with Crippen LogP contribution in [0.25, 0.3) is 0 Å². The van der Waals surface area contributed by atoms with Crippen LogP contribution in [-0.4, -0.2) is 10.8 Å². The van der Waals surface area contributed by atoms with Crippen molar-refractivity contribution < 1.29 is 9.21 Å². The number of carbonyl (C=O) groups is 1. The molecule has 0 saturated carbocycles. The van der Waals surface area contributed by atoms with Crippen molar-refractivity contribution in [3.05, 3.63) is 131 Å². The molecule has 0 saturated heterocycles. The summed E-state index contributed by atoms with van der Waals surface area (Å²) in [5.74, 6) is 1.33. The molecule has 3 nitrogen and oxygen atoms in total. The molecule has 4 aromatic rings. The number of amides is 1. The van der Waals surface area contributed by atoms with Gasteiger partial charge >= 0.3 is 0 Å². The lowest BCUT2D eigenvalue weighted by molar-refractivity contribution is -0.133. The summed E-state index contributed by atoms with van der Waals surface area (Å²) in [6.45, 7) is 2.87. The van der Waals surface area contributed by atoms with E-state index in [9.17, 15) is 4.79 Å². The molecule has 150 valence electrons. The topological polar surface area (TPSA) is 33.5 Å². The highest BCUT2D eigenvalue weighted by Gasteiger charge is 2.28. The van der Waals surface area contributed by atoms with Gasteiger partial charge in [0.05, 0.1) is 12.5 Å². The minimum absolute atomic E-state index is 0.0605. The summed E-state index contributed by atoms with van der Waals surface area (Å²) in [4.78, 5) is 15.8. The Bertz CT molecular complexity index is 1030. The molecule has 0 N–H and O–H groups in total. The second-order valence-electron chi connectivity index (χ2n) is 7.45. The van der Waals surface area contributed by atoms with Crippen LogP contribution in [0.3, 0.4) is 0 Å². The minimum Gasteiger partial charge on any atom is -0.464 e. The molecule has 30 heavy (non-hydrogen) atoms. The third-order valence-electron chi connectivity index (χ3n) is 5.18. The number of nitrogens with zero attached hydrogens (tertiary/aromatic N) is 1. The first-order valence-electron chi connectivity index (χ1n) is 10.2. The third-order valence-corrected chi connectivity index (χ3v) is 5.18. The minimum atomic E-state index is -0.368. The van der Waals surface area contributed by atoms with Gasteiger partial charge in [-0.25, -0.2) is 0 Å². The van der Waals surface area contributed by atoms with Crippen molar-refractivity contribution in [2.45, 2.75) is 25.9 Å². The van der Waals surface area contributed by atoms with E-state index in [1.807, 2.05) is 115 Å². The smallest absolute Gasteiger partial charge is 0.235 e. The summed E-state index contributed by atoms with van der Waals surface area (Å²) in [5.41, 5.74) is 3.07. The van der Waals surface area contributed by atoms with Crippen molar-refractivity contribution in [1.82, 2.24) is 4.90 Å². The van der Waals surface area contributed by atoms with Gasteiger partial charge in [-0.1, -0.05) is 91.0 Å². The summed E-state index contributed by atoms with van der Waals surface area (Å²) in [6.07, 6.45) is 0. The van der Waals surface area contributed by atoms with Gasteiger partial charge in [-0.2, -0.15) is 0 Å². The fourth-order valence-electron chi connectivity index (χ4n) is 3.72. The van der Waals surface area contributed by atoms with E-state index in [-0.39, 0.29) is 11.8 Å². The van der Waals surface area contributed by atoms with E-state index >= 15 is 0 Å². The molecule has 0 aliphatic heterocycles. The highest BCUT2D eigenvalue weighted by molar-refractivity contribution is 5.87. The molecule has 0 spiro atoms. The number of hydrogen-bond donors (Lipinski definition) is 0. The molecule has 3 heteroatoms. The standard InChI is InChI=1S/C27H25NO2/c1-21-17-18-25(30-21)20-28(19-22-11-5-2-6-12-22)27(29)26(23-13-7-3-8-14-23)24-15-9-4-10-16-24/h2-18,26H,19-20H2,1H3. The van der Waals surface area contributed by atoms with Crippen LogP contribution in [0.1, 0.15) is 34.1 Å². The first kappa shape index (κ1) is 19.7. The van der Waals surface area contributed by atoms with Crippen molar-refractivity contribution in [3.8, 4) is 0 Å². The van der Waals surface area contributed by atoms with Crippen LogP contribution in [0.2, 0.25) is 0 Å². The third kappa shape index (κ3) is 4.69. The number of carbonyl (C=O) groups excluding carboxylic acids is 1. The predicted octanol–water partition coefficient (Wildman–Crippen LogP) is 5.95. The SMILES string of the molecule is Cc1ccc(CN(Cc2ccccc2)C(=O)C(c2ccccc2)c2ccccc2)o1. The summed E-state index contributed by atoms with van der Waals surface area (Å²) in [7, 11) is 0. The Morgan fingerprint density at radius 1 is 0.733 bits per heavy atom. The first-order valence-corrected chi connectivity index (χ1v) is 10.2. The van der Waals surface area contributed by atoms with Crippen molar-refractivity contribution in [2.75, 3.05) is 0 Å². The number of aryl methyl sites for hydroxylation is 1. The fraction of sp³-hybridized carbons (Fsp3) is 0.148. The molecule has 0 unspecified atom stereocenters. The molecule has 0 bridgehead atoms. The lowest BCUT2D eigenvalue weighted by Gasteiger charge is -2.27. The average molecular weight is 396 g/mol. The number of furan rings is 1. The van der Waals surface area contributed by atoms with Crippen LogP contribution < -0.4 is 0 Å². The van der Waals surface area contributed by atoms with E-state index in [0.717, 1.165) is 28.2 Å². The van der Waals surface area contributed by atoms with Gasteiger partial charge in [0, 0.05) is 6.54 Å². The Morgan fingerprint density at radius 3 is 1.77 bits per heavy atom. The largest absolute Gasteiger partial charge is 0.464 e. The number of rotatable bonds is 7. The van der Waals surface area contributed by atoms with Gasteiger partial charge in [0.15, 0.2) is 0 Å². The normalized spacial score (nSPS) is 10.9. The monoisotopic (exact) mass is 395 g/mol. The molecule has 1 amide bonds. The van der Waals surface area contributed by atoms with Crippen LogP contribution in [-0.2, 0) is 17.9 Å². The van der Waals surface area contributed by atoms with Crippen LogP contribution in [0, 0.1) is 6.92 Å². The maximum Gasteiger partial charge on any atom is 0.235 e. The van der Waals surface area contributed by atoms with E-state index in [0.29, 0.717) is 13.1 Å². The van der Waals surface area contributed by atoms with Crippen LogP contribution in [0.4, 0.5) is 0 Å². The zero-order valence-corrected chi connectivity index (χ0v) is 17.1. The Balaban J connectivity index is 1.71. The van der Waals surface area contributed by atoms with Crippen molar-refractivity contribution >= 4 is 5.91 Å². The van der Waals surface area contributed by atoms with Crippen molar-refractivity contribution in [1.29, 1.82) is 0 Å². The van der Waals surface area contributed by atoms with E-state index in [2.05, 4.69) is 0 Å². The van der Waals surface area contributed by atoms with Crippen LogP contribution >= 0.6 is 0 Å². The van der Waals surface area contributed by atoms with E-state index in [4.69, 9.17) is 4.42 Å². The number of hydrogen-bond acceptors (Lipinski definition) is 2. The molecule has 0 aliphatic carbocycles. The Morgan fingerprint density at radius 2 is 1.27 bits per heavy atom. The molecular formula is C27H25NO2. The summed E-state index contributed by atoms with van der Waals surface area (Å²) in [5, 5.41) is 0. The predicted molar refractivity (Wildman–Crippen MR) is 119 cm³/mol. The van der Waals surface area contributed by atoms with Gasteiger partial charge in [-0.15, -0.1) is 0 Å². The van der Waals surface area contributed by atoms with Crippen molar-refractivity contribution in [2.24, 2.45) is 0 Å². The maximum absolute atomic E-state index is 13.9. The van der Waals surface area contributed by atoms with Gasteiger partial charge in [-0.05, 0) is 35.7 Å². The first-order chi connectivity index (χ1) is 14.7. The van der Waals surface area contributed by atoms with Crippen LogP contribution in [0.15, 0.2) is 108 Å². The highest BCUT2D eigenvalue weighted by Crippen LogP contribution is 2.28. The molecule has 1 aromatic heterocycles. The number of benzene rings is 3. The Hall–Kier alpha value is -3.59. The lowest BCUT2D eigenvalue weighted by atomic mass is 9.90. The van der Waals surface area contributed by atoms with Gasteiger partial charge < -0.3 is 9.32 Å². The fourth-order valence-corrected chi connectivity index (χ4v) is 3.72. The Labute approximate surface area is 177 Å². The van der Waals surface area contributed by atoms with Crippen molar-refractivity contribution in [3.63, 3.8) is 0 Å². The zero-order chi connectivity index (χ0) is 20.8.